The van der Waals surface area contributed by atoms with Crippen LogP contribution < -0.4 is 5.11 Å². The van der Waals surface area contributed by atoms with Crippen LogP contribution in [0.4, 0.5) is 0 Å². The van der Waals surface area contributed by atoms with Gasteiger partial charge in [-0.05, 0) is 0 Å². The van der Waals surface area contributed by atoms with Crippen LogP contribution in [0.5, 0.6) is 0 Å². The highest BCUT2D eigenvalue weighted by Crippen LogP contribution is 1.93. The molecule has 0 aliphatic heterocycles. The van der Waals surface area contributed by atoms with Crippen LogP contribution in [0.3, 0.4) is 0 Å². The van der Waals surface area contributed by atoms with Crippen molar-refractivity contribution in [3.8, 4) is 12.3 Å². The van der Waals surface area contributed by atoms with Gasteiger partial charge in [-0.1, -0.05) is 28.5 Å². The molecule has 0 aliphatic rings. The molecule has 1 atom stereocenters. The van der Waals surface area contributed by atoms with Crippen molar-refractivity contribution in [3.05, 3.63) is 0 Å². The lowest BCUT2D eigenvalue weighted by atomic mass is 10.5. The number of terminal acetylenes is 1. The molecule has 0 heterocycles. The van der Waals surface area contributed by atoms with Crippen LogP contribution in [0.2, 0.25) is 0 Å². The zero-order valence-corrected chi connectivity index (χ0v) is 5.51. The van der Waals surface area contributed by atoms with Crippen molar-refractivity contribution in [2.24, 2.45) is 0 Å². The van der Waals surface area contributed by atoms with Crippen LogP contribution >= 0.6 is 22.6 Å². The number of hydrogen-bond donors (Lipinski definition) is 0. The number of carbonyl (C=O) groups is 1. The SMILES string of the molecule is C#CC(I)C(=O)[O-]. The Hall–Kier alpha value is -0.240. The number of carbonyl (C=O) groups excluding carboxylic acids is 1. The van der Waals surface area contributed by atoms with Gasteiger partial charge in [0.1, 0.15) is 3.92 Å². The van der Waals surface area contributed by atoms with E-state index in [9.17, 15) is 9.90 Å². The highest BCUT2D eigenvalue weighted by atomic mass is 127. The van der Waals surface area contributed by atoms with Gasteiger partial charge in [0.05, 0.1) is 5.97 Å². The molecule has 0 spiro atoms. The lowest BCUT2D eigenvalue weighted by Gasteiger charge is -1.98. The highest BCUT2D eigenvalue weighted by Gasteiger charge is 1.94. The molecule has 0 saturated heterocycles. The number of carboxylic acids is 1. The van der Waals surface area contributed by atoms with E-state index in [1.807, 2.05) is 5.92 Å². The van der Waals surface area contributed by atoms with Gasteiger partial charge in [0, 0.05) is 0 Å². The largest absolute Gasteiger partial charge is 0.548 e. The number of carboxylic acid groups (broad SMARTS) is 1. The average molecular weight is 209 g/mol. The first kappa shape index (κ1) is 6.76. The summed E-state index contributed by atoms with van der Waals surface area (Å²) in [5.74, 6) is 0.784. The van der Waals surface area contributed by atoms with Crippen LogP contribution in [0.25, 0.3) is 0 Å². The zero-order valence-electron chi connectivity index (χ0n) is 3.35. The molecule has 0 aromatic carbocycles. The molecule has 3 heteroatoms. The van der Waals surface area contributed by atoms with E-state index in [-0.39, 0.29) is 0 Å². The van der Waals surface area contributed by atoms with Crippen molar-refractivity contribution in [1.29, 1.82) is 0 Å². The van der Waals surface area contributed by atoms with E-state index in [0.717, 1.165) is 0 Å². The fraction of sp³-hybridized carbons (Fsp3) is 0.250. The first-order chi connectivity index (χ1) is 3.18. The molecule has 0 aromatic heterocycles. The van der Waals surface area contributed by atoms with Crippen LogP contribution in [-0.2, 0) is 4.79 Å². The molecule has 0 rings (SSSR count). The van der Waals surface area contributed by atoms with Crippen LogP contribution in [0.15, 0.2) is 0 Å². The van der Waals surface area contributed by atoms with Gasteiger partial charge < -0.3 is 9.90 Å². The van der Waals surface area contributed by atoms with Gasteiger partial charge >= 0.3 is 0 Å². The molecule has 0 amide bonds. The molecule has 7 heavy (non-hydrogen) atoms. The maximum atomic E-state index is 9.67. The standard InChI is InChI=1S/C4H3IO2/c1-2-3(5)4(6)7/h1,3H,(H,6,7)/p-1. The Balaban J connectivity index is 3.63. The summed E-state index contributed by atoms with van der Waals surface area (Å²) < 4.78 is -0.794. The molecular formula is C4H2IO2-. The minimum atomic E-state index is -1.21. The molecule has 1 unspecified atom stereocenters. The fourth-order valence-corrected chi connectivity index (χ4v) is 0.0680. The molecule has 38 valence electrons. The van der Waals surface area contributed by atoms with Crippen LogP contribution in [0.1, 0.15) is 0 Å². The lowest BCUT2D eigenvalue weighted by Crippen LogP contribution is -2.30. The van der Waals surface area contributed by atoms with Crippen molar-refractivity contribution in [3.63, 3.8) is 0 Å². The molecule has 0 fully saturated rings. The summed E-state index contributed by atoms with van der Waals surface area (Å²) in [6.45, 7) is 0. The molecule has 0 radical (unpaired) electrons. The number of hydrogen-bond acceptors (Lipinski definition) is 2. The Bertz CT molecular complexity index is 113. The average Bonchev–Trinajstić information content (AvgIpc) is 1.65. The van der Waals surface area contributed by atoms with Crippen LogP contribution in [-0.4, -0.2) is 9.89 Å². The quantitative estimate of drug-likeness (QED) is 0.321. The van der Waals surface area contributed by atoms with Crippen molar-refractivity contribution in [2.45, 2.75) is 3.92 Å². The zero-order chi connectivity index (χ0) is 5.86. The summed E-state index contributed by atoms with van der Waals surface area (Å²) >= 11 is 1.60. The predicted octanol–water partition coefficient (Wildman–Crippen LogP) is -0.827. The Morgan fingerprint density at radius 3 is 2.43 bits per heavy atom. The van der Waals surface area contributed by atoms with E-state index < -0.39 is 9.89 Å². The maximum absolute atomic E-state index is 9.67. The van der Waals surface area contributed by atoms with Gasteiger partial charge in [-0.3, -0.25) is 0 Å². The third kappa shape index (κ3) is 2.45. The van der Waals surface area contributed by atoms with Gasteiger partial charge in [-0.25, -0.2) is 0 Å². The molecule has 0 bridgehead atoms. The van der Waals surface area contributed by atoms with Gasteiger partial charge in [0.2, 0.25) is 0 Å². The Morgan fingerprint density at radius 2 is 2.43 bits per heavy atom. The topological polar surface area (TPSA) is 40.1 Å². The summed E-state index contributed by atoms with van der Waals surface area (Å²) in [4.78, 5) is 9.67. The molecule has 2 nitrogen and oxygen atoms in total. The third-order valence-corrected chi connectivity index (χ3v) is 1.22. The summed E-state index contributed by atoms with van der Waals surface area (Å²) in [7, 11) is 0. The Labute approximate surface area is 55.1 Å². The molecule has 0 N–H and O–H groups in total. The van der Waals surface area contributed by atoms with Crippen LogP contribution in [0, 0.1) is 12.3 Å². The summed E-state index contributed by atoms with van der Waals surface area (Å²) in [5.41, 5.74) is 0. The minimum Gasteiger partial charge on any atom is -0.548 e. The second-order valence-corrected chi connectivity index (χ2v) is 2.09. The molecule has 0 saturated carbocycles. The minimum absolute atomic E-state index is 0.794. The maximum Gasteiger partial charge on any atom is 0.111 e. The van der Waals surface area contributed by atoms with Gasteiger partial charge in [-0.2, -0.15) is 0 Å². The van der Waals surface area contributed by atoms with Gasteiger partial charge in [-0.15, -0.1) is 6.42 Å². The van der Waals surface area contributed by atoms with E-state index in [4.69, 9.17) is 6.42 Å². The number of alkyl halides is 1. The van der Waals surface area contributed by atoms with Gasteiger partial charge in [0.15, 0.2) is 0 Å². The van der Waals surface area contributed by atoms with E-state index in [2.05, 4.69) is 0 Å². The normalized spacial score (nSPS) is 12.0. The number of aliphatic carboxylic acids is 1. The van der Waals surface area contributed by atoms with Crippen molar-refractivity contribution in [1.82, 2.24) is 0 Å². The Morgan fingerprint density at radius 1 is 2.00 bits per heavy atom. The summed E-state index contributed by atoms with van der Waals surface area (Å²) in [6.07, 6.45) is 4.69. The monoisotopic (exact) mass is 209 g/mol. The second kappa shape index (κ2) is 2.86. The smallest absolute Gasteiger partial charge is 0.111 e. The van der Waals surface area contributed by atoms with E-state index in [1.54, 1.807) is 22.6 Å². The van der Waals surface area contributed by atoms with Gasteiger partial charge in [0.25, 0.3) is 0 Å². The fourth-order valence-electron chi connectivity index (χ4n) is 0.0680. The first-order valence-corrected chi connectivity index (χ1v) is 2.74. The third-order valence-electron chi connectivity index (χ3n) is 0.353. The molecule has 0 aromatic rings. The molecular weight excluding hydrogens is 207 g/mol. The van der Waals surface area contributed by atoms with Crippen molar-refractivity contribution < 1.29 is 9.90 Å². The highest BCUT2D eigenvalue weighted by molar-refractivity contribution is 14.1. The van der Waals surface area contributed by atoms with Crippen molar-refractivity contribution >= 4 is 28.6 Å². The summed E-state index contributed by atoms with van der Waals surface area (Å²) in [5, 5.41) is 9.67. The summed E-state index contributed by atoms with van der Waals surface area (Å²) in [6, 6.07) is 0. The predicted molar refractivity (Wildman–Crippen MR) is 31.6 cm³/mol. The van der Waals surface area contributed by atoms with Crippen molar-refractivity contribution in [2.75, 3.05) is 0 Å². The lowest BCUT2D eigenvalue weighted by molar-refractivity contribution is -0.302. The van der Waals surface area contributed by atoms with E-state index in [1.165, 1.54) is 0 Å². The number of halogens is 1. The van der Waals surface area contributed by atoms with E-state index >= 15 is 0 Å². The first-order valence-electron chi connectivity index (χ1n) is 1.49. The number of rotatable bonds is 1. The van der Waals surface area contributed by atoms with E-state index in [0.29, 0.717) is 0 Å². The second-order valence-electron chi connectivity index (χ2n) is 0.848. The molecule has 0 aliphatic carbocycles. The Kier molecular flexibility index (Phi) is 2.76.